The Labute approximate surface area is 152 Å². The Kier molecular flexibility index (Phi) is 6.74. The number of nitrogens with one attached hydrogen (secondary N) is 1. The Morgan fingerprint density at radius 2 is 2.04 bits per heavy atom. The highest BCUT2D eigenvalue weighted by Crippen LogP contribution is 2.30. The molecule has 0 bridgehead atoms. The zero-order valence-corrected chi connectivity index (χ0v) is 15.8. The van der Waals surface area contributed by atoms with Crippen LogP contribution in [0, 0.1) is 5.92 Å². The summed E-state index contributed by atoms with van der Waals surface area (Å²) in [5.41, 5.74) is 3.06. The summed E-state index contributed by atoms with van der Waals surface area (Å²) in [7, 11) is 4.05. The SMILES string of the molecule is CN=C(NCC1CCCc2ccccc21)N(C)CCC1CCOCC1. The lowest BCUT2D eigenvalue weighted by molar-refractivity contribution is 0.0625. The fraction of sp³-hybridized carbons (Fsp3) is 0.667. The molecule has 3 rings (SSSR count). The third-order valence-corrected chi connectivity index (χ3v) is 5.79. The number of fused-ring (bicyclic) bond motifs is 1. The van der Waals surface area contributed by atoms with Gasteiger partial charge in [0.1, 0.15) is 0 Å². The minimum Gasteiger partial charge on any atom is -0.381 e. The summed E-state index contributed by atoms with van der Waals surface area (Å²) in [5.74, 6) is 2.43. The first-order valence-electron chi connectivity index (χ1n) is 9.85. The lowest BCUT2D eigenvalue weighted by Crippen LogP contribution is -2.42. The van der Waals surface area contributed by atoms with Crippen molar-refractivity contribution < 1.29 is 4.74 Å². The van der Waals surface area contributed by atoms with Gasteiger partial charge < -0.3 is 15.0 Å². The van der Waals surface area contributed by atoms with E-state index in [4.69, 9.17) is 4.74 Å². The molecule has 1 aromatic rings. The number of hydrogen-bond acceptors (Lipinski definition) is 2. The average molecular weight is 344 g/mol. The van der Waals surface area contributed by atoms with Crippen molar-refractivity contribution in [3.8, 4) is 0 Å². The summed E-state index contributed by atoms with van der Waals surface area (Å²) in [6.45, 7) is 3.90. The molecule has 25 heavy (non-hydrogen) atoms. The summed E-state index contributed by atoms with van der Waals surface area (Å²) in [4.78, 5) is 6.78. The number of aryl methyl sites for hydroxylation is 1. The highest BCUT2D eigenvalue weighted by Gasteiger charge is 2.21. The van der Waals surface area contributed by atoms with Crippen LogP contribution in [0.15, 0.2) is 29.3 Å². The number of rotatable bonds is 5. The highest BCUT2D eigenvalue weighted by atomic mass is 16.5. The monoisotopic (exact) mass is 343 g/mol. The van der Waals surface area contributed by atoms with E-state index in [9.17, 15) is 0 Å². The van der Waals surface area contributed by atoms with Crippen molar-refractivity contribution in [3.63, 3.8) is 0 Å². The van der Waals surface area contributed by atoms with Gasteiger partial charge in [-0.2, -0.15) is 0 Å². The standard InChI is InChI=1S/C21H33N3O/c1-22-21(24(2)13-10-17-11-14-25-15-12-17)23-16-19-8-5-7-18-6-3-4-9-20(18)19/h3-4,6,9,17,19H,5,7-8,10-16H2,1-2H3,(H,22,23). The van der Waals surface area contributed by atoms with Crippen LogP contribution in [0.25, 0.3) is 0 Å². The van der Waals surface area contributed by atoms with E-state index < -0.39 is 0 Å². The first-order chi connectivity index (χ1) is 12.3. The topological polar surface area (TPSA) is 36.9 Å². The van der Waals surface area contributed by atoms with Crippen molar-refractivity contribution in [2.75, 3.05) is 40.4 Å². The molecule has 0 aromatic heterocycles. The Morgan fingerprint density at radius 1 is 1.24 bits per heavy atom. The van der Waals surface area contributed by atoms with Crippen LogP contribution in [0.2, 0.25) is 0 Å². The van der Waals surface area contributed by atoms with Gasteiger partial charge in [-0.25, -0.2) is 0 Å². The van der Waals surface area contributed by atoms with Gasteiger partial charge in [-0.1, -0.05) is 24.3 Å². The molecular weight excluding hydrogens is 310 g/mol. The Hall–Kier alpha value is -1.55. The van der Waals surface area contributed by atoms with Gasteiger partial charge in [0.05, 0.1) is 0 Å². The molecule has 1 aliphatic heterocycles. The predicted molar refractivity (Wildman–Crippen MR) is 104 cm³/mol. The molecule has 1 unspecified atom stereocenters. The highest BCUT2D eigenvalue weighted by molar-refractivity contribution is 5.79. The largest absolute Gasteiger partial charge is 0.381 e. The number of benzene rings is 1. The number of ether oxygens (including phenoxy) is 1. The molecular formula is C21H33N3O. The van der Waals surface area contributed by atoms with E-state index >= 15 is 0 Å². The molecule has 1 aromatic carbocycles. The summed E-state index contributed by atoms with van der Waals surface area (Å²) >= 11 is 0. The molecule has 0 spiro atoms. The number of nitrogens with zero attached hydrogens (tertiary/aromatic N) is 2. The average Bonchev–Trinajstić information content (AvgIpc) is 2.67. The van der Waals surface area contributed by atoms with E-state index in [0.29, 0.717) is 5.92 Å². The first kappa shape index (κ1) is 18.2. The maximum absolute atomic E-state index is 5.46. The summed E-state index contributed by atoms with van der Waals surface area (Å²) in [5, 5.41) is 3.62. The molecule has 1 aliphatic carbocycles. The molecule has 0 saturated carbocycles. The van der Waals surface area contributed by atoms with Gasteiger partial charge in [-0.3, -0.25) is 4.99 Å². The van der Waals surface area contributed by atoms with Crippen LogP contribution in [0.1, 0.15) is 49.1 Å². The van der Waals surface area contributed by atoms with Gasteiger partial charge in [0.25, 0.3) is 0 Å². The molecule has 1 heterocycles. The van der Waals surface area contributed by atoms with Crippen LogP contribution in [0.4, 0.5) is 0 Å². The third-order valence-electron chi connectivity index (χ3n) is 5.79. The first-order valence-corrected chi connectivity index (χ1v) is 9.85. The van der Waals surface area contributed by atoms with Gasteiger partial charge >= 0.3 is 0 Å². The summed E-state index contributed by atoms with van der Waals surface area (Å²) < 4.78 is 5.46. The van der Waals surface area contributed by atoms with E-state index in [-0.39, 0.29) is 0 Å². The lowest BCUT2D eigenvalue weighted by Gasteiger charge is -2.29. The van der Waals surface area contributed by atoms with Gasteiger partial charge in [0.15, 0.2) is 5.96 Å². The van der Waals surface area contributed by atoms with Crippen LogP contribution in [-0.4, -0.2) is 51.3 Å². The molecule has 1 saturated heterocycles. The Morgan fingerprint density at radius 3 is 2.84 bits per heavy atom. The fourth-order valence-corrected chi connectivity index (χ4v) is 4.18. The van der Waals surface area contributed by atoms with E-state index in [1.165, 1.54) is 49.7 Å². The number of aliphatic imine (C=N–C) groups is 1. The zero-order valence-electron chi connectivity index (χ0n) is 15.8. The molecule has 2 aliphatic rings. The van der Waals surface area contributed by atoms with Gasteiger partial charge in [-0.15, -0.1) is 0 Å². The van der Waals surface area contributed by atoms with Crippen LogP contribution in [0.3, 0.4) is 0 Å². The van der Waals surface area contributed by atoms with Crippen molar-refractivity contribution in [2.45, 2.75) is 44.4 Å². The smallest absolute Gasteiger partial charge is 0.193 e. The van der Waals surface area contributed by atoms with E-state index in [2.05, 4.69) is 46.5 Å². The molecule has 1 N–H and O–H groups in total. The quantitative estimate of drug-likeness (QED) is 0.657. The second kappa shape index (κ2) is 9.23. The zero-order chi connectivity index (χ0) is 17.5. The van der Waals surface area contributed by atoms with Crippen molar-refractivity contribution in [3.05, 3.63) is 35.4 Å². The second-order valence-electron chi connectivity index (χ2n) is 7.48. The van der Waals surface area contributed by atoms with Crippen molar-refractivity contribution >= 4 is 5.96 Å². The van der Waals surface area contributed by atoms with E-state index in [0.717, 1.165) is 38.2 Å². The number of guanidine groups is 1. The minimum atomic E-state index is 0.602. The predicted octanol–water partition coefficient (Wildman–Crippen LogP) is 3.43. The van der Waals surface area contributed by atoms with Crippen LogP contribution >= 0.6 is 0 Å². The van der Waals surface area contributed by atoms with Crippen molar-refractivity contribution in [1.82, 2.24) is 10.2 Å². The van der Waals surface area contributed by atoms with Gasteiger partial charge in [-0.05, 0) is 55.6 Å². The fourth-order valence-electron chi connectivity index (χ4n) is 4.18. The molecule has 0 amide bonds. The maximum Gasteiger partial charge on any atom is 0.193 e. The Balaban J connectivity index is 1.49. The Bertz CT molecular complexity index is 566. The maximum atomic E-state index is 5.46. The summed E-state index contributed by atoms with van der Waals surface area (Å²) in [6, 6.07) is 8.93. The molecule has 0 radical (unpaired) electrons. The molecule has 1 fully saturated rings. The van der Waals surface area contributed by atoms with Crippen molar-refractivity contribution in [2.24, 2.45) is 10.9 Å². The normalized spacial score (nSPS) is 21.7. The van der Waals surface area contributed by atoms with Crippen LogP contribution in [-0.2, 0) is 11.2 Å². The van der Waals surface area contributed by atoms with E-state index in [1.807, 2.05) is 7.05 Å². The summed E-state index contributed by atoms with van der Waals surface area (Å²) in [6.07, 6.45) is 7.44. The van der Waals surface area contributed by atoms with Crippen LogP contribution in [0.5, 0.6) is 0 Å². The second-order valence-corrected chi connectivity index (χ2v) is 7.48. The van der Waals surface area contributed by atoms with Gasteiger partial charge in [0, 0.05) is 46.3 Å². The van der Waals surface area contributed by atoms with Gasteiger partial charge in [0.2, 0.25) is 0 Å². The third kappa shape index (κ3) is 4.97. The molecule has 1 atom stereocenters. The number of hydrogen-bond donors (Lipinski definition) is 1. The lowest BCUT2D eigenvalue weighted by atomic mass is 9.83. The molecule has 4 heteroatoms. The van der Waals surface area contributed by atoms with E-state index in [1.54, 1.807) is 0 Å². The van der Waals surface area contributed by atoms with Crippen molar-refractivity contribution in [1.29, 1.82) is 0 Å². The molecule has 4 nitrogen and oxygen atoms in total. The minimum absolute atomic E-state index is 0.602. The van der Waals surface area contributed by atoms with Crippen LogP contribution < -0.4 is 5.32 Å². The molecule has 138 valence electrons.